The molecular formula is C18H15NO. The average molecular weight is 261 g/mol. The number of carbonyl (C=O) groups excluding carboxylic acids is 1. The van der Waals surface area contributed by atoms with Crippen molar-refractivity contribution < 1.29 is 4.79 Å². The number of aromatic nitrogens is 1. The van der Waals surface area contributed by atoms with Crippen LogP contribution in [0.5, 0.6) is 0 Å². The van der Waals surface area contributed by atoms with Crippen molar-refractivity contribution >= 4 is 34.2 Å². The number of fused-ring (bicyclic) bond motifs is 3. The van der Waals surface area contributed by atoms with Gasteiger partial charge in [0.2, 0.25) is 0 Å². The monoisotopic (exact) mass is 261 g/mol. The first-order valence-corrected chi connectivity index (χ1v) is 6.57. The molecule has 98 valence electrons. The van der Waals surface area contributed by atoms with Crippen LogP contribution in [0.25, 0.3) is 27.9 Å². The smallest absolute Gasteiger partial charge is 0.142 e. The second-order valence-electron chi connectivity index (χ2n) is 4.73. The Morgan fingerprint density at radius 3 is 2.55 bits per heavy atom. The summed E-state index contributed by atoms with van der Waals surface area (Å²) in [5, 5.41) is 2.52. The summed E-state index contributed by atoms with van der Waals surface area (Å²) >= 11 is 0. The fraction of sp³-hybridized carbons (Fsp3) is 0.0556. The number of aryl methyl sites for hydroxylation is 1. The molecule has 0 aliphatic rings. The molecule has 3 rings (SSSR count). The highest BCUT2D eigenvalue weighted by atomic mass is 16.1. The highest BCUT2D eigenvalue weighted by Gasteiger charge is 2.06. The van der Waals surface area contributed by atoms with Gasteiger partial charge in [0.25, 0.3) is 0 Å². The number of benzene rings is 2. The van der Waals surface area contributed by atoms with E-state index in [1.807, 2.05) is 12.2 Å². The number of allylic oxidation sites excluding steroid dienone is 3. The van der Waals surface area contributed by atoms with Crippen molar-refractivity contribution in [1.82, 2.24) is 4.57 Å². The van der Waals surface area contributed by atoms with Gasteiger partial charge in [-0.3, -0.25) is 4.79 Å². The van der Waals surface area contributed by atoms with E-state index in [9.17, 15) is 4.79 Å². The van der Waals surface area contributed by atoms with Gasteiger partial charge in [0.05, 0.1) is 0 Å². The maximum absolute atomic E-state index is 10.2. The van der Waals surface area contributed by atoms with Gasteiger partial charge < -0.3 is 4.57 Å². The maximum atomic E-state index is 10.2. The molecule has 1 heterocycles. The lowest BCUT2D eigenvalue weighted by Gasteiger charge is -1.98. The maximum Gasteiger partial charge on any atom is 0.142 e. The number of carbonyl (C=O) groups is 1. The Morgan fingerprint density at radius 1 is 0.900 bits per heavy atom. The van der Waals surface area contributed by atoms with Crippen LogP contribution in [0, 0.1) is 0 Å². The van der Waals surface area contributed by atoms with Crippen LogP contribution in [0.4, 0.5) is 0 Å². The number of hydrogen-bond donors (Lipinski definition) is 0. The third kappa shape index (κ3) is 2.05. The van der Waals surface area contributed by atoms with E-state index >= 15 is 0 Å². The minimum absolute atomic E-state index is 0.776. The van der Waals surface area contributed by atoms with E-state index in [4.69, 9.17) is 0 Å². The van der Waals surface area contributed by atoms with Crippen molar-refractivity contribution in [3.8, 4) is 0 Å². The van der Waals surface area contributed by atoms with Gasteiger partial charge >= 0.3 is 0 Å². The fourth-order valence-electron chi connectivity index (χ4n) is 2.57. The first kappa shape index (κ1) is 12.4. The predicted molar refractivity (Wildman–Crippen MR) is 84.7 cm³/mol. The second kappa shape index (κ2) is 5.17. The van der Waals surface area contributed by atoms with Crippen LogP contribution in [-0.2, 0) is 11.8 Å². The summed E-state index contributed by atoms with van der Waals surface area (Å²) < 4.78 is 2.21. The lowest BCUT2D eigenvalue weighted by Crippen LogP contribution is -1.85. The molecule has 2 aromatic carbocycles. The Labute approximate surface area is 117 Å². The molecule has 0 N–H and O–H groups in total. The Bertz CT molecular complexity index is 837. The van der Waals surface area contributed by atoms with E-state index in [1.165, 1.54) is 27.9 Å². The number of para-hydroxylation sites is 1. The normalized spacial score (nSPS) is 12.1. The van der Waals surface area contributed by atoms with Crippen molar-refractivity contribution in [3.63, 3.8) is 0 Å². The van der Waals surface area contributed by atoms with E-state index < -0.39 is 0 Å². The minimum atomic E-state index is 0.776. The van der Waals surface area contributed by atoms with Crippen molar-refractivity contribution in [3.05, 3.63) is 66.3 Å². The number of hydrogen-bond acceptors (Lipinski definition) is 1. The number of rotatable bonds is 3. The van der Waals surface area contributed by atoms with Crippen LogP contribution in [0.1, 0.15) is 5.56 Å². The summed E-state index contributed by atoms with van der Waals surface area (Å²) in [5.41, 5.74) is 3.60. The van der Waals surface area contributed by atoms with Crippen LogP contribution >= 0.6 is 0 Å². The molecule has 1 aromatic heterocycles. The van der Waals surface area contributed by atoms with Gasteiger partial charge in [0.1, 0.15) is 6.29 Å². The Hall–Kier alpha value is -2.61. The quantitative estimate of drug-likeness (QED) is 0.395. The van der Waals surface area contributed by atoms with Crippen molar-refractivity contribution in [2.75, 3.05) is 0 Å². The Balaban J connectivity index is 2.15. The molecule has 0 aliphatic carbocycles. The molecule has 0 atom stereocenters. The molecule has 0 amide bonds. The zero-order valence-electron chi connectivity index (χ0n) is 11.3. The summed E-state index contributed by atoms with van der Waals surface area (Å²) in [6.07, 6.45) is 7.87. The van der Waals surface area contributed by atoms with Crippen molar-refractivity contribution in [2.24, 2.45) is 7.05 Å². The van der Waals surface area contributed by atoms with Gasteiger partial charge in [0, 0.05) is 28.9 Å². The molecule has 0 fully saturated rings. The summed E-state index contributed by atoms with van der Waals surface area (Å²) in [4.78, 5) is 10.2. The molecule has 3 aromatic rings. The Kier molecular flexibility index (Phi) is 3.21. The van der Waals surface area contributed by atoms with E-state index in [0.29, 0.717) is 0 Å². The van der Waals surface area contributed by atoms with Gasteiger partial charge in [-0.25, -0.2) is 0 Å². The third-order valence-electron chi connectivity index (χ3n) is 3.53. The third-order valence-corrected chi connectivity index (χ3v) is 3.53. The standard InChI is InChI=1S/C18H15NO/c1-19-17-9-5-4-8-15(17)16-13-14(10-11-18(16)19)7-3-2-6-12-20/h2-13H,1H3/b6-2+,7-3+. The molecule has 0 unspecified atom stereocenters. The number of nitrogens with zero attached hydrogens (tertiary/aromatic N) is 1. The fourth-order valence-corrected chi connectivity index (χ4v) is 2.57. The lowest BCUT2D eigenvalue weighted by atomic mass is 10.1. The zero-order chi connectivity index (χ0) is 13.9. The van der Waals surface area contributed by atoms with Crippen LogP contribution in [0.15, 0.2) is 60.7 Å². The van der Waals surface area contributed by atoms with E-state index in [-0.39, 0.29) is 0 Å². The first-order chi connectivity index (χ1) is 9.81. The van der Waals surface area contributed by atoms with E-state index in [2.05, 4.69) is 54.1 Å². The topological polar surface area (TPSA) is 22.0 Å². The summed E-state index contributed by atoms with van der Waals surface area (Å²) in [5.74, 6) is 0. The SMILES string of the molecule is Cn1c2ccccc2c2cc(/C=C/C=C/C=O)ccc21. The Morgan fingerprint density at radius 2 is 1.70 bits per heavy atom. The molecule has 2 heteroatoms. The molecule has 2 nitrogen and oxygen atoms in total. The minimum Gasteiger partial charge on any atom is -0.344 e. The van der Waals surface area contributed by atoms with Crippen LogP contribution in [-0.4, -0.2) is 10.9 Å². The van der Waals surface area contributed by atoms with E-state index in [1.54, 1.807) is 6.08 Å². The molecule has 0 saturated carbocycles. The van der Waals surface area contributed by atoms with Gasteiger partial charge in [-0.05, 0) is 29.8 Å². The summed E-state index contributed by atoms with van der Waals surface area (Å²) in [6.45, 7) is 0. The highest BCUT2D eigenvalue weighted by molar-refractivity contribution is 6.08. The lowest BCUT2D eigenvalue weighted by molar-refractivity contribution is -0.104. The average Bonchev–Trinajstić information content (AvgIpc) is 2.77. The molecule has 0 bridgehead atoms. The molecule has 0 aliphatic heterocycles. The molecule has 0 radical (unpaired) electrons. The highest BCUT2D eigenvalue weighted by Crippen LogP contribution is 2.28. The molecule has 20 heavy (non-hydrogen) atoms. The van der Waals surface area contributed by atoms with Gasteiger partial charge in [-0.15, -0.1) is 0 Å². The molecule has 0 spiro atoms. The number of aldehydes is 1. The van der Waals surface area contributed by atoms with Crippen molar-refractivity contribution in [2.45, 2.75) is 0 Å². The van der Waals surface area contributed by atoms with Gasteiger partial charge in [-0.2, -0.15) is 0 Å². The molecular weight excluding hydrogens is 246 g/mol. The second-order valence-corrected chi connectivity index (χ2v) is 4.73. The summed E-state index contributed by atoms with van der Waals surface area (Å²) in [7, 11) is 2.09. The molecule has 0 saturated heterocycles. The van der Waals surface area contributed by atoms with Crippen LogP contribution in [0.2, 0.25) is 0 Å². The largest absolute Gasteiger partial charge is 0.344 e. The van der Waals surface area contributed by atoms with E-state index in [0.717, 1.165) is 11.8 Å². The van der Waals surface area contributed by atoms with Crippen LogP contribution < -0.4 is 0 Å². The van der Waals surface area contributed by atoms with Crippen LogP contribution in [0.3, 0.4) is 0 Å². The van der Waals surface area contributed by atoms with Crippen molar-refractivity contribution in [1.29, 1.82) is 0 Å². The van der Waals surface area contributed by atoms with Gasteiger partial charge in [-0.1, -0.05) is 42.5 Å². The predicted octanol–water partition coefficient (Wildman–Crippen LogP) is 4.10. The summed E-state index contributed by atoms with van der Waals surface area (Å²) in [6, 6.07) is 14.8. The first-order valence-electron chi connectivity index (χ1n) is 6.57. The van der Waals surface area contributed by atoms with Gasteiger partial charge in [0.15, 0.2) is 0 Å². The zero-order valence-corrected chi connectivity index (χ0v) is 11.3.